The third-order valence-electron chi connectivity index (χ3n) is 5.85. The van der Waals surface area contributed by atoms with E-state index in [0.717, 1.165) is 16.5 Å². The summed E-state index contributed by atoms with van der Waals surface area (Å²) in [6.45, 7) is 4.02. The van der Waals surface area contributed by atoms with Crippen LogP contribution in [-0.4, -0.2) is 39.4 Å². The summed E-state index contributed by atoms with van der Waals surface area (Å²) in [5, 5.41) is 17.3. The van der Waals surface area contributed by atoms with Gasteiger partial charge in [0, 0.05) is 23.7 Å². The molecule has 9 heteroatoms. The molecule has 1 aromatic heterocycles. The first-order valence-electron chi connectivity index (χ1n) is 11.6. The van der Waals surface area contributed by atoms with Gasteiger partial charge >= 0.3 is 0 Å². The predicted molar refractivity (Wildman–Crippen MR) is 142 cm³/mol. The Bertz CT molecular complexity index is 1360. The van der Waals surface area contributed by atoms with Crippen molar-refractivity contribution in [2.45, 2.75) is 25.0 Å². The number of nitrogens with zero attached hydrogens (tertiary/aromatic N) is 3. The second kappa shape index (κ2) is 11.3. The molecule has 0 aliphatic heterocycles. The lowest BCUT2D eigenvalue weighted by molar-refractivity contribution is -0.113. The molecule has 0 aliphatic carbocycles. The van der Waals surface area contributed by atoms with E-state index in [9.17, 15) is 9.59 Å². The maximum atomic E-state index is 12.9. The number of hydrogen-bond acceptors (Lipinski definition) is 6. The fourth-order valence-corrected chi connectivity index (χ4v) is 4.59. The molecular weight excluding hydrogens is 474 g/mol. The minimum absolute atomic E-state index is 0.0719. The van der Waals surface area contributed by atoms with Crippen molar-refractivity contribution in [1.29, 1.82) is 0 Å². The van der Waals surface area contributed by atoms with Crippen molar-refractivity contribution in [2.75, 3.05) is 18.2 Å². The molecule has 0 spiro atoms. The zero-order valence-corrected chi connectivity index (χ0v) is 21.5. The maximum Gasteiger partial charge on any atom is 0.251 e. The van der Waals surface area contributed by atoms with Crippen molar-refractivity contribution >= 4 is 40.0 Å². The first kappa shape index (κ1) is 25.2. The van der Waals surface area contributed by atoms with E-state index in [-0.39, 0.29) is 29.5 Å². The number of methoxy groups -OCH3 is 1. The van der Waals surface area contributed by atoms with E-state index in [1.165, 1.54) is 11.8 Å². The number of amides is 2. The zero-order valence-electron chi connectivity index (χ0n) is 20.7. The van der Waals surface area contributed by atoms with Crippen LogP contribution in [0.2, 0.25) is 0 Å². The van der Waals surface area contributed by atoms with Crippen molar-refractivity contribution in [3.05, 3.63) is 78.1 Å². The highest BCUT2D eigenvalue weighted by Gasteiger charge is 2.25. The first-order chi connectivity index (χ1) is 17.4. The number of thioether (sulfide) groups is 1. The number of carbonyl (C=O) groups excluding carboxylic acids is 2. The number of anilines is 1. The number of rotatable bonds is 9. The van der Waals surface area contributed by atoms with Gasteiger partial charge in [-0.15, -0.1) is 10.2 Å². The van der Waals surface area contributed by atoms with Crippen molar-refractivity contribution < 1.29 is 14.3 Å². The van der Waals surface area contributed by atoms with Crippen molar-refractivity contribution in [2.24, 2.45) is 13.0 Å². The molecule has 0 radical (unpaired) electrons. The number of carbonyl (C=O) groups is 2. The average molecular weight is 504 g/mol. The van der Waals surface area contributed by atoms with Crippen LogP contribution in [0.3, 0.4) is 0 Å². The molecule has 8 nitrogen and oxygen atoms in total. The average Bonchev–Trinajstić information content (AvgIpc) is 3.25. The molecule has 0 saturated carbocycles. The standard InChI is InChI=1S/C27H29N5O3S/c1-17(2)24(29-26(34)19-12-14-20(35-4)15-13-19)25-30-31-27(32(25)3)36-16-23(33)28-22-11-7-9-18-8-5-6-10-21(18)22/h5-15,17,24H,16H2,1-4H3,(H,28,33)(H,29,34). The van der Waals surface area contributed by atoms with Crippen molar-refractivity contribution in [1.82, 2.24) is 20.1 Å². The summed E-state index contributed by atoms with van der Waals surface area (Å²) in [6.07, 6.45) is 0. The number of hydrogen-bond donors (Lipinski definition) is 2. The van der Waals surface area contributed by atoms with Gasteiger partial charge in [0.15, 0.2) is 11.0 Å². The molecule has 3 aromatic carbocycles. The van der Waals surface area contributed by atoms with Crippen LogP contribution in [0.4, 0.5) is 5.69 Å². The monoisotopic (exact) mass is 503 g/mol. The minimum atomic E-state index is -0.351. The summed E-state index contributed by atoms with van der Waals surface area (Å²) in [7, 11) is 3.43. The summed E-state index contributed by atoms with van der Waals surface area (Å²) in [6, 6.07) is 20.3. The van der Waals surface area contributed by atoms with Gasteiger partial charge < -0.3 is 19.9 Å². The van der Waals surface area contributed by atoms with Gasteiger partial charge in [-0.25, -0.2) is 0 Å². The quantitative estimate of drug-likeness (QED) is 0.317. The molecule has 0 fully saturated rings. The van der Waals surface area contributed by atoms with Gasteiger partial charge in [-0.05, 0) is 41.6 Å². The van der Waals surface area contributed by atoms with Crippen LogP contribution >= 0.6 is 11.8 Å². The van der Waals surface area contributed by atoms with Crippen LogP contribution in [0.5, 0.6) is 5.75 Å². The highest BCUT2D eigenvalue weighted by Crippen LogP contribution is 2.26. The van der Waals surface area contributed by atoms with Crippen LogP contribution in [-0.2, 0) is 11.8 Å². The highest BCUT2D eigenvalue weighted by atomic mass is 32.2. The topological polar surface area (TPSA) is 98.1 Å². The number of benzene rings is 3. The van der Waals surface area contributed by atoms with Crippen LogP contribution in [0.15, 0.2) is 71.9 Å². The highest BCUT2D eigenvalue weighted by molar-refractivity contribution is 7.99. The van der Waals surface area contributed by atoms with Gasteiger partial charge in [0.2, 0.25) is 5.91 Å². The molecule has 0 saturated heterocycles. The van der Waals surface area contributed by atoms with Crippen LogP contribution in [0, 0.1) is 5.92 Å². The van der Waals surface area contributed by atoms with E-state index in [2.05, 4.69) is 20.8 Å². The van der Waals surface area contributed by atoms with Crippen molar-refractivity contribution in [3.8, 4) is 5.75 Å². The van der Waals surface area contributed by atoms with Crippen LogP contribution in [0.1, 0.15) is 36.1 Å². The SMILES string of the molecule is COc1ccc(C(=O)NC(c2nnc(SCC(=O)Nc3cccc4ccccc34)n2C)C(C)C)cc1. The van der Waals surface area contributed by atoms with E-state index in [1.807, 2.05) is 67.9 Å². The normalized spacial score (nSPS) is 11.9. The molecule has 36 heavy (non-hydrogen) atoms. The minimum Gasteiger partial charge on any atom is -0.497 e. The molecule has 1 atom stereocenters. The predicted octanol–water partition coefficient (Wildman–Crippen LogP) is 4.83. The molecule has 186 valence electrons. The zero-order chi connectivity index (χ0) is 25.7. The van der Waals surface area contributed by atoms with Gasteiger partial charge in [-0.3, -0.25) is 9.59 Å². The first-order valence-corrected chi connectivity index (χ1v) is 12.6. The summed E-state index contributed by atoms with van der Waals surface area (Å²) >= 11 is 1.30. The molecule has 2 N–H and O–H groups in total. The molecule has 1 heterocycles. The number of ether oxygens (including phenoxy) is 1. The Hall–Kier alpha value is -3.85. The lowest BCUT2D eigenvalue weighted by Crippen LogP contribution is -2.33. The Morgan fingerprint density at radius 1 is 1.00 bits per heavy atom. The molecule has 0 aliphatic rings. The Morgan fingerprint density at radius 3 is 2.44 bits per heavy atom. The van der Waals surface area contributed by atoms with Crippen LogP contribution in [0.25, 0.3) is 10.8 Å². The number of fused-ring (bicyclic) bond motifs is 1. The lowest BCUT2D eigenvalue weighted by Gasteiger charge is -2.21. The summed E-state index contributed by atoms with van der Waals surface area (Å²) < 4.78 is 6.99. The molecule has 0 bridgehead atoms. The fourth-order valence-electron chi connectivity index (χ4n) is 3.87. The maximum absolute atomic E-state index is 12.9. The Kier molecular flexibility index (Phi) is 7.90. The van der Waals surface area contributed by atoms with Gasteiger partial charge in [-0.1, -0.05) is 62.0 Å². The molecular formula is C27H29N5O3S. The Labute approximate surface area is 214 Å². The molecule has 4 rings (SSSR count). The third-order valence-corrected chi connectivity index (χ3v) is 6.87. The molecule has 1 unspecified atom stereocenters. The number of aromatic nitrogens is 3. The smallest absolute Gasteiger partial charge is 0.251 e. The second-order valence-corrected chi connectivity index (χ2v) is 9.63. The summed E-state index contributed by atoms with van der Waals surface area (Å²) in [4.78, 5) is 25.5. The lowest BCUT2D eigenvalue weighted by atomic mass is 10.0. The summed E-state index contributed by atoms with van der Waals surface area (Å²) in [5.74, 6) is 1.23. The molecule has 4 aromatic rings. The molecule has 2 amide bonds. The van der Waals surface area contributed by atoms with E-state index >= 15 is 0 Å². The van der Waals surface area contributed by atoms with E-state index in [1.54, 1.807) is 31.4 Å². The van der Waals surface area contributed by atoms with Gasteiger partial charge in [0.05, 0.1) is 18.9 Å². The van der Waals surface area contributed by atoms with Gasteiger partial charge in [0.1, 0.15) is 5.75 Å². The van der Waals surface area contributed by atoms with Gasteiger partial charge in [0.25, 0.3) is 5.91 Å². The fraction of sp³-hybridized carbons (Fsp3) is 0.259. The van der Waals surface area contributed by atoms with E-state index in [4.69, 9.17) is 4.74 Å². The Morgan fingerprint density at radius 2 is 1.72 bits per heavy atom. The van der Waals surface area contributed by atoms with E-state index < -0.39 is 0 Å². The van der Waals surface area contributed by atoms with Crippen molar-refractivity contribution in [3.63, 3.8) is 0 Å². The summed E-state index contributed by atoms with van der Waals surface area (Å²) in [5.41, 5.74) is 1.31. The van der Waals surface area contributed by atoms with Gasteiger partial charge in [-0.2, -0.15) is 0 Å². The Balaban J connectivity index is 1.42. The van der Waals surface area contributed by atoms with Crippen LogP contribution < -0.4 is 15.4 Å². The van der Waals surface area contributed by atoms with E-state index in [0.29, 0.717) is 22.3 Å². The number of nitrogens with one attached hydrogen (secondary N) is 2. The second-order valence-electron chi connectivity index (χ2n) is 8.69. The third kappa shape index (κ3) is 5.68. The largest absolute Gasteiger partial charge is 0.497 e.